The van der Waals surface area contributed by atoms with Gasteiger partial charge in [0.1, 0.15) is 0 Å². The van der Waals surface area contributed by atoms with E-state index in [2.05, 4.69) is 26.8 Å². The number of hydrogen-bond donors (Lipinski definition) is 0. The van der Waals surface area contributed by atoms with Gasteiger partial charge < -0.3 is 29.7 Å². The average Bonchev–Trinajstić information content (AvgIpc) is 2.30. The summed E-state index contributed by atoms with van der Waals surface area (Å²) in [5.41, 5.74) is -0.0278. The zero-order valence-corrected chi connectivity index (χ0v) is 15.3. The van der Waals surface area contributed by atoms with Crippen LogP contribution in [0.2, 0.25) is 0 Å². The van der Waals surface area contributed by atoms with Crippen LogP contribution in [0, 0.1) is 16.7 Å². The van der Waals surface area contributed by atoms with Gasteiger partial charge >= 0.3 is 17.4 Å². The van der Waals surface area contributed by atoms with Gasteiger partial charge in [0.25, 0.3) is 0 Å². The van der Waals surface area contributed by atoms with Gasteiger partial charge in [-0.3, -0.25) is 0 Å². The first kappa shape index (κ1) is 32.4. The normalized spacial score (nSPS) is 7.86. The van der Waals surface area contributed by atoms with Crippen LogP contribution in [-0.4, -0.2) is 35.3 Å². The Kier molecular flexibility index (Phi) is 32.0. The Morgan fingerprint density at radius 2 is 0.955 bits per heavy atom. The van der Waals surface area contributed by atoms with E-state index in [1.54, 1.807) is 0 Å². The van der Waals surface area contributed by atoms with Gasteiger partial charge in [-0.1, -0.05) is 20.8 Å². The SMILES string of the molecule is CC(=O)[O-].CC(=O)[O-].CC(=O)[O-].CCC(C#N)(CC)CC.[Al+3]. The molecule has 124 valence electrons. The Bertz CT molecular complexity index is 286. The molecule has 0 saturated carbocycles. The van der Waals surface area contributed by atoms with Gasteiger partial charge in [-0.05, 0) is 40.0 Å². The van der Waals surface area contributed by atoms with Gasteiger partial charge in [-0.15, -0.1) is 0 Å². The molecule has 0 amide bonds. The quantitative estimate of drug-likeness (QED) is 0.580. The monoisotopic (exact) mass is 329 g/mol. The van der Waals surface area contributed by atoms with E-state index >= 15 is 0 Å². The fourth-order valence-electron chi connectivity index (χ4n) is 0.987. The fourth-order valence-corrected chi connectivity index (χ4v) is 0.987. The van der Waals surface area contributed by atoms with Crippen molar-refractivity contribution in [3.05, 3.63) is 0 Å². The maximum atomic E-state index is 8.89. The summed E-state index contributed by atoms with van der Waals surface area (Å²) in [5.74, 6) is -3.25. The molecule has 0 aliphatic rings. The number of nitrogens with zero attached hydrogens (tertiary/aromatic N) is 1. The predicted molar refractivity (Wildman–Crippen MR) is 76.7 cm³/mol. The molecule has 7 nitrogen and oxygen atoms in total. The second kappa shape index (κ2) is 21.7. The predicted octanol–water partition coefficient (Wildman–Crippen LogP) is -1.39. The number of carboxylic acids is 3. The topological polar surface area (TPSA) is 144 Å². The molecule has 0 bridgehead atoms. The van der Waals surface area contributed by atoms with Crippen LogP contribution in [0.1, 0.15) is 60.8 Å². The molecule has 0 N–H and O–H groups in total. The third kappa shape index (κ3) is 51.5. The first-order chi connectivity index (χ1) is 9.44. The minimum Gasteiger partial charge on any atom is -0.550 e. The molecule has 0 heterocycles. The Hall–Kier alpha value is -1.57. The van der Waals surface area contributed by atoms with Crippen molar-refractivity contribution in [2.24, 2.45) is 5.41 Å². The number of rotatable bonds is 3. The molecule has 0 unspecified atom stereocenters. The molecule has 0 radical (unpaired) electrons. The fraction of sp³-hybridized carbons (Fsp3) is 0.714. The van der Waals surface area contributed by atoms with Crippen molar-refractivity contribution in [2.75, 3.05) is 0 Å². The number of hydrogen-bond acceptors (Lipinski definition) is 7. The van der Waals surface area contributed by atoms with E-state index in [0.717, 1.165) is 40.0 Å². The summed E-state index contributed by atoms with van der Waals surface area (Å²) in [6.45, 7) is 9.16. The van der Waals surface area contributed by atoms with Gasteiger partial charge in [-0.2, -0.15) is 5.26 Å². The third-order valence-electron chi connectivity index (χ3n) is 2.27. The second-order valence-electron chi connectivity index (χ2n) is 3.93. The minimum atomic E-state index is -1.08. The maximum absolute atomic E-state index is 8.89. The van der Waals surface area contributed by atoms with Crippen molar-refractivity contribution in [3.8, 4) is 6.07 Å². The molecular formula is C14H24AlNO6. The van der Waals surface area contributed by atoms with Crippen molar-refractivity contribution in [2.45, 2.75) is 60.8 Å². The third-order valence-corrected chi connectivity index (χ3v) is 2.27. The molecule has 0 rings (SSSR count). The van der Waals surface area contributed by atoms with Crippen molar-refractivity contribution in [1.29, 1.82) is 5.26 Å². The Balaban J connectivity index is -0.0000000632. The molecule has 0 aliphatic carbocycles. The van der Waals surface area contributed by atoms with Crippen LogP contribution in [0.15, 0.2) is 0 Å². The second-order valence-corrected chi connectivity index (χ2v) is 3.93. The molecule has 22 heavy (non-hydrogen) atoms. The number of aliphatic carboxylic acids is 3. The molecule has 0 fully saturated rings. The number of nitriles is 1. The molecule has 0 aromatic carbocycles. The molecular weight excluding hydrogens is 305 g/mol. The van der Waals surface area contributed by atoms with Crippen LogP contribution in [0.5, 0.6) is 0 Å². The molecule has 0 saturated heterocycles. The summed E-state index contributed by atoms with van der Waals surface area (Å²) in [6, 6.07) is 2.36. The summed E-state index contributed by atoms with van der Waals surface area (Å²) in [5, 5.41) is 35.4. The molecule has 0 aromatic rings. The first-order valence-electron chi connectivity index (χ1n) is 6.38. The molecule has 0 atom stereocenters. The van der Waals surface area contributed by atoms with E-state index in [1.807, 2.05) is 0 Å². The van der Waals surface area contributed by atoms with Gasteiger partial charge in [0, 0.05) is 17.9 Å². The number of carboxylic acid groups (broad SMARTS) is 3. The van der Waals surface area contributed by atoms with E-state index in [4.69, 9.17) is 35.0 Å². The maximum Gasteiger partial charge on any atom is 3.00 e. The zero-order chi connectivity index (χ0) is 18.1. The summed E-state index contributed by atoms with van der Waals surface area (Å²) in [4.78, 5) is 26.7. The van der Waals surface area contributed by atoms with Gasteiger partial charge in [0.2, 0.25) is 0 Å². The van der Waals surface area contributed by atoms with Crippen LogP contribution in [0.3, 0.4) is 0 Å². The van der Waals surface area contributed by atoms with E-state index in [9.17, 15) is 0 Å². The number of carbonyl (C=O) groups excluding carboxylic acids is 3. The van der Waals surface area contributed by atoms with Crippen LogP contribution >= 0.6 is 0 Å². The van der Waals surface area contributed by atoms with Crippen LogP contribution in [0.4, 0.5) is 0 Å². The van der Waals surface area contributed by atoms with Gasteiger partial charge in [0.05, 0.1) is 11.5 Å². The van der Waals surface area contributed by atoms with E-state index in [0.29, 0.717) is 0 Å². The first-order valence-corrected chi connectivity index (χ1v) is 6.38. The van der Waals surface area contributed by atoms with Gasteiger partial charge in [0.15, 0.2) is 0 Å². The molecule has 0 aliphatic heterocycles. The van der Waals surface area contributed by atoms with Crippen molar-refractivity contribution in [1.82, 2.24) is 0 Å². The zero-order valence-electron chi connectivity index (χ0n) is 14.1. The van der Waals surface area contributed by atoms with Crippen LogP contribution < -0.4 is 15.3 Å². The van der Waals surface area contributed by atoms with E-state index in [-0.39, 0.29) is 22.8 Å². The summed E-state index contributed by atoms with van der Waals surface area (Å²) < 4.78 is 0. The van der Waals surface area contributed by atoms with E-state index < -0.39 is 17.9 Å². The summed E-state index contributed by atoms with van der Waals surface area (Å²) in [7, 11) is 0. The average molecular weight is 329 g/mol. The Morgan fingerprint density at radius 1 is 0.818 bits per heavy atom. The van der Waals surface area contributed by atoms with Crippen molar-refractivity contribution >= 4 is 35.3 Å². The smallest absolute Gasteiger partial charge is 0.550 e. The standard InChI is InChI=1S/C8H15N.3C2H4O2.Al/c1-4-8(5-2,6-3)7-9;3*1-2(3)4;/h4-6H2,1-3H3;3*1H3,(H,3,4);/q;;;;+3/p-3. The minimum absolute atomic E-state index is 0. The Morgan fingerprint density at radius 3 is 0.955 bits per heavy atom. The van der Waals surface area contributed by atoms with Crippen molar-refractivity contribution < 1.29 is 29.7 Å². The molecule has 8 heteroatoms. The van der Waals surface area contributed by atoms with Crippen LogP contribution in [-0.2, 0) is 14.4 Å². The largest absolute Gasteiger partial charge is 3.00 e. The molecule has 0 aromatic heterocycles. The summed E-state index contributed by atoms with van der Waals surface area (Å²) >= 11 is 0. The number of carbonyl (C=O) groups is 3. The summed E-state index contributed by atoms with van der Waals surface area (Å²) in [6.07, 6.45) is 2.95. The van der Waals surface area contributed by atoms with Crippen LogP contribution in [0.25, 0.3) is 0 Å². The Labute approximate surface area is 143 Å². The van der Waals surface area contributed by atoms with Gasteiger partial charge in [-0.25, -0.2) is 0 Å². The molecule has 0 spiro atoms. The van der Waals surface area contributed by atoms with Crippen molar-refractivity contribution in [3.63, 3.8) is 0 Å². The van der Waals surface area contributed by atoms with E-state index in [1.165, 1.54) is 0 Å².